The molecule has 1 fully saturated rings. The van der Waals surface area contributed by atoms with E-state index in [-0.39, 0.29) is 0 Å². The quantitative estimate of drug-likeness (QED) is 0.828. The molecule has 5 nitrogen and oxygen atoms in total. The molecular formula is C14H22N2O3S. The molecule has 0 radical (unpaired) electrons. The fourth-order valence-electron chi connectivity index (χ4n) is 2.33. The van der Waals surface area contributed by atoms with Crippen LogP contribution in [0.2, 0.25) is 0 Å². The van der Waals surface area contributed by atoms with E-state index in [1.165, 1.54) is 6.26 Å². The lowest BCUT2D eigenvalue weighted by Crippen LogP contribution is -2.36. The predicted molar refractivity (Wildman–Crippen MR) is 77.8 cm³/mol. The highest BCUT2D eigenvalue weighted by atomic mass is 32.2. The van der Waals surface area contributed by atoms with E-state index in [2.05, 4.69) is 4.98 Å². The van der Waals surface area contributed by atoms with Crippen LogP contribution in [0.5, 0.6) is 0 Å². The second-order valence-corrected chi connectivity index (χ2v) is 7.40. The van der Waals surface area contributed by atoms with Gasteiger partial charge in [0, 0.05) is 38.2 Å². The zero-order chi connectivity index (χ0) is 14.6. The van der Waals surface area contributed by atoms with Crippen LogP contribution in [0.4, 0.5) is 0 Å². The van der Waals surface area contributed by atoms with Crippen LogP contribution in [0, 0.1) is 12.8 Å². The molecule has 0 saturated carbocycles. The van der Waals surface area contributed by atoms with Gasteiger partial charge in [-0.1, -0.05) is 6.07 Å². The van der Waals surface area contributed by atoms with Gasteiger partial charge in [-0.3, -0.25) is 4.98 Å². The van der Waals surface area contributed by atoms with Gasteiger partial charge in [0.2, 0.25) is 10.0 Å². The van der Waals surface area contributed by atoms with Crippen LogP contribution in [0.15, 0.2) is 18.3 Å². The fourth-order valence-corrected chi connectivity index (χ4v) is 3.19. The average molecular weight is 298 g/mol. The normalized spacial score (nSPS) is 17.6. The Morgan fingerprint density at radius 3 is 2.60 bits per heavy atom. The number of aryl methyl sites for hydroxylation is 1. The van der Waals surface area contributed by atoms with Gasteiger partial charge in [0.1, 0.15) is 0 Å². The van der Waals surface area contributed by atoms with Crippen LogP contribution in [0.3, 0.4) is 0 Å². The van der Waals surface area contributed by atoms with Crippen LogP contribution in [0.25, 0.3) is 0 Å². The number of rotatable bonds is 5. The first-order chi connectivity index (χ1) is 9.45. The molecule has 20 heavy (non-hydrogen) atoms. The first kappa shape index (κ1) is 15.4. The summed E-state index contributed by atoms with van der Waals surface area (Å²) < 4.78 is 30.8. The summed E-state index contributed by atoms with van der Waals surface area (Å²) >= 11 is 0. The topological polar surface area (TPSA) is 59.5 Å². The van der Waals surface area contributed by atoms with E-state index in [1.807, 2.05) is 19.1 Å². The maximum atomic E-state index is 12.0. The van der Waals surface area contributed by atoms with Gasteiger partial charge in [0.05, 0.1) is 6.26 Å². The monoisotopic (exact) mass is 298 g/mol. The molecule has 0 amide bonds. The Morgan fingerprint density at radius 1 is 1.35 bits per heavy atom. The molecule has 0 unspecified atom stereocenters. The third-order valence-corrected chi connectivity index (χ3v) is 4.82. The molecule has 6 heteroatoms. The average Bonchev–Trinajstić information content (AvgIpc) is 2.40. The second kappa shape index (κ2) is 6.65. The number of pyridine rings is 1. The fraction of sp³-hybridized carbons (Fsp3) is 0.643. The molecule has 0 N–H and O–H groups in total. The highest BCUT2D eigenvalue weighted by Gasteiger charge is 2.23. The molecule has 1 aromatic rings. The van der Waals surface area contributed by atoms with E-state index in [0.29, 0.717) is 19.0 Å². The van der Waals surface area contributed by atoms with Gasteiger partial charge in [-0.05, 0) is 37.3 Å². The van der Waals surface area contributed by atoms with Crippen molar-refractivity contribution in [2.75, 3.05) is 26.0 Å². The summed E-state index contributed by atoms with van der Waals surface area (Å²) in [6.45, 7) is 4.34. The molecule has 0 bridgehead atoms. The van der Waals surface area contributed by atoms with Crippen molar-refractivity contribution in [2.24, 2.45) is 5.92 Å². The third-order valence-electron chi connectivity index (χ3n) is 3.60. The van der Waals surface area contributed by atoms with Crippen LogP contribution >= 0.6 is 0 Å². The number of ether oxygens (including phenoxy) is 1. The van der Waals surface area contributed by atoms with E-state index < -0.39 is 10.0 Å². The van der Waals surface area contributed by atoms with E-state index in [1.54, 1.807) is 10.5 Å². The standard InChI is InChI=1S/C14H22N2O3S/c1-12-3-4-14(9-15-12)11-16(20(2,17)18)10-13-5-7-19-8-6-13/h3-4,9,13H,5-8,10-11H2,1-2H3. The van der Waals surface area contributed by atoms with E-state index in [0.717, 1.165) is 37.3 Å². The van der Waals surface area contributed by atoms with Crippen molar-refractivity contribution in [2.45, 2.75) is 26.3 Å². The minimum absolute atomic E-state index is 0.386. The van der Waals surface area contributed by atoms with Crippen molar-refractivity contribution in [3.8, 4) is 0 Å². The van der Waals surface area contributed by atoms with E-state index >= 15 is 0 Å². The smallest absolute Gasteiger partial charge is 0.211 e. The first-order valence-electron chi connectivity index (χ1n) is 6.89. The minimum Gasteiger partial charge on any atom is -0.381 e. The lowest BCUT2D eigenvalue weighted by molar-refractivity contribution is 0.0601. The van der Waals surface area contributed by atoms with Gasteiger partial charge >= 0.3 is 0 Å². The minimum atomic E-state index is -3.21. The highest BCUT2D eigenvalue weighted by Crippen LogP contribution is 2.19. The van der Waals surface area contributed by atoms with Crippen molar-refractivity contribution in [3.05, 3.63) is 29.6 Å². The Morgan fingerprint density at radius 2 is 2.05 bits per heavy atom. The Labute approximate surface area is 121 Å². The predicted octanol–water partition coefficient (Wildman–Crippen LogP) is 1.58. The van der Waals surface area contributed by atoms with Crippen molar-refractivity contribution in [1.82, 2.24) is 9.29 Å². The molecule has 2 heterocycles. The van der Waals surface area contributed by atoms with E-state index in [4.69, 9.17) is 4.74 Å². The Bertz CT molecular complexity index is 522. The van der Waals surface area contributed by atoms with Crippen molar-refractivity contribution >= 4 is 10.0 Å². The molecular weight excluding hydrogens is 276 g/mol. The van der Waals surface area contributed by atoms with Crippen LogP contribution < -0.4 is 0 Å². The Hall–Kier alpha value is -0.980. The summed E-state index contributed by atoms with van der Waals surface area (Å²) in [7, 11) is -3.21. The summed E-state index contributed by atoms with van der Waals surface area (Å²) in [5.41, 5.74) is 1.86. The number of aromatic nitrogens is 1. The summed E-state index contributed by atoms with van der Waals surface area (Å²) in [5.74, 6) is 0.386. The molecule has 0 spiro atoms. The van der Waals surface area contributed by atoms with Crippen LogP contribution in [-0.4, -0.2) is 43.7 Å². The first-order valence-corrected chi connectivity index (χ1v) is 8.74. The molecule has 1 aliphatic rings. The van der Waals surface area contributed by atoms with Gasteiger partial charge in [-0.25, -0.2) is 8.42 Å². The zero-order valence-electron chi connectivity index (χ0n) is 12.1. The highest BCUT2D eigenvalue weighted by molar-refractivity contribution is 7.88. The van der Waals surface area contributed by atoms with Crippen molar-refractivity contribution < 1.29 is 13.2 Å². The Kier molecular flexibility index (Phi) is 5.12. The molecule has 0 aromatic carbocycles. The zero-order valence-corrected chi connectivity index (χ0v) is 12.9. The van der Waals surface area contributed by atoms with Gasteiger partial charge in [0.25, 0.3) is 0 Å². The lowest BCUT2D eigenvalue weighted by atomic mass is 10.0. The number of sulfonamides is 1. The molecule has 2 rings (SSSR count). The van der Waals surface area contributed by atoms with Gasteiger partial charge in [0.15, 0.2) is 0 Å². The van der Waals surface area contributed by atoms with Gasteiger partial charge in [-0.15, -0.1) is 0 Å². The molecule has 0 aliphatic carbocycles. The number of hydrogen-bond acceptors (Lipinski definition) is 4. The molecule has 0 atom stereocenters. The van der Waals surface area contributed by atoms with Crippen LogP contribution in [0.1, 0.15) is 24.1 Å². The maximum Gasteiger partial charge on any atom is 0.211 e. The maximum absolute atomic E-state index is 12.0. The molecule has 112 valence electrons. The van der Waals surface area contributed by atoms with Gasteiger partial charge in [-0.2, -0.15) is 4.31 Å². The summed E-state index contributed by atoms with van der Waals surface area (Å²) in [6.07, 6.45) is 4.88. The van der Waals surface area contributed by atoms with Crippen molar-refractivity contribution in [3.63, 3.8) is 0 Å². The lowest BCUT2D eigenvalue weighted by Gasteiger charge is -2.28. The van der Waals surface area contributed by atoms with E-state index in [9.17, 15) is 8.42 Å². The Balaban J connectivity index is 2.05. The van der Waals surface area contributed by atoms with Crippen molar-refractivity contribution in [1.29, 1.82) is 0 Å². The molecule has 1 saturated heterocycles. The largest absolute Gasteiger partial charge is 0.381 e. The van der Waals surface area contributed by atoms with Gasteiger partial charge < -0.3 is 4.74 Å². The second-order valence-electron chi connectivity index (χ2n) is 5.42. The summed E-state index contributed by atoms with van der Waals surface area (Å²) in [6, 6.07) is 3.84. The number of hydrogen-bond donors (Lipinski definition) is 0. The summed E-state index contributed by atoms with van der Waals surface area (Å²) in [4.78, 5) is 4.22. The number of nitrogens with zero attached hydrogens (tertiary/aromatic N) is 2. The molecule has 1 aromatic heterocycles. The summed E-state index contributed by atoms with van der Waals surface area (Å²) in [5, 5.41) is 0. The third kappa shape index (κ3) is 4.54. The molecule has 1 aliphatic heterocycles. The SMILES string of the molecule is Cc1ccc(CN(CC2CCOCC2)S(C)(=O)=O)cn1. The van der Waals surface area contributed by atoms with Crippen LogP contribution in [-0.2, 0) is 21.3 Å².